The summed E-state index contributed by atoms with van der Waals surface area (Å²) in [7, 11) is 0. The fourth-order valence-electron chi connectivity index (χ4n) is 2.97. The lowest BCUT2D eigenvalue weighted by atomic mass is 10.2. The number of nitrogens with two attached hydrogens (primary N) is 1. The van der Waals surface area contributed by atoms with E-state index >= 15 is 0 Å². The molecular formula is C20H18N4O3. The highest BCUT2D eigenvalue weighted by Crippen LogP contribution is 2.24. The van der Waals surface area contributed by atoms with Gasteiger partial charge in [0, 0.05) is 22.8 Å². The summed E-state index contributed by atoms with van der Waals surface area (Å²) in [6, 6.07) is 16.4. The van der Waals surface area contributed by atoms with Crippen molar-refractivity contribution in [2.45, 2.75) is 6.10 Å². The molecule has 0 radical (unpaired) electrons. The summed E-state index contributed by atoms with van der Waals surface area (Å²) < 4.78 is 11.2. The number of ether oxygens (including phenoxy) is 2. The zero-order valence-electron chi connectivity index (χ0n) is 14.5. The van der Waals surface area contributed by atoms with Crippen molar-refractivity contribution < 1.29 is 14.3 Å². The monoisotopic (exact) mass is 362 g/mol. The molecule has 1 aromatic heterocycles. The van der Waals surface area contributed by atoms with Gasteiger partial charge in [-0.1, -0.05) is 6.07 Å². The molecule has 0 spiro atoms. The van der Waals surface area contributed by atoms with Gasteiger partial charge in [0.2, 0.25) is 0 Å². The number of fused-ring (bicyclic) bond motifs is 1. The quantitative estimate of drug-likeness (QED) is 0.537. The van der Waals surface area contributed by atoms with Gasteiger partial charge in [0.25, 0.3) is 0 Å². The summed E-state index contributed by atoms with van der Waals surface area (Å²) in [5.74, 6) is 0.693. The number of cyclic esters (lactones) is 1. The number of nitrogen functional groups attached to an aromatic ring is 1. The van der Waals surface area contributed by atoms with Crippen molar-refractivity contribution in [3.05, 3.63) is 66.4 Å². The van der Waals surface area contributed by atoms with Crippen LogP contribution in [0.3, 0.4) is 0 Å². The molecule has 27 heavy (non-hydrogen) atoms. The third kappa shape index (κ3) is 3.52. The van der Waals surface area contributed by atoms with E-state index in [1.807, 2.05) is 30.3 Å². The fourth-order valence-corrected chi connectivity index (χ4v) is 2.97. The van der Waals surface area contributed by atoms with Crippen LogP contribution in [0.4, 0.5) is 10.5 Å². The number of hydrogen-bond donors (Lipinski definition) is 2. The van der Waals surface area contributed by atoms with Gasteiger partial charge >= 0.3 is 6.09 Å². The molecule has 136 valence electrons. The molecule has 2 aromatic carbocycles. The first kappa shape index (κ1) is 16.8. The first-order valence-corrected chi connectivity index (χ1v) is 8.50. The molecule has 7 nitrogen and oxygen atoms in total. The summed E-state index contributed by atoms with van der Waals surface area (Å²) in [4.78, 5) is 18.0. The molecule has 1 fully saturated rings. The van der Waals surface area contributed by atoms with E-state index in [2.05, 4.69) is 4.98 Å². The van der Waals surface area contributed by atoms with Gasteiger partial charge in [-0.15, -0.1) is 0 Å². The Morgan fingerprint density at radius 2 is 2.07 bits per heavy atom. The fraction of sp³-hybridized carbons (Fsp3) is 0.150. The van der Waals surface area contributed by atoms with Crippen molar-refractivity contribution in [1.29, 1.82) is 5.41 Å². The van der Waals surface area contributed by atoms with E-state index < -0.39 is 6.09 Å². The molecule has 1 atom stereocenters. The van der Waals surface area contributed by atoms with Crippen LogP contribution in [-0.4, -0.2) is 36.2 Å². The number of carbonyl (C=O) groups excluding carboxylic acids is 1. The molecule has 0 bridgehead atoms. The molecule has 1 unspecified atom stereocenters. The van der Waals surface area contributed by atoms with E-state index in [0.717, 1.165) is 10.9 Å². The van der Waals surface area contributed by atoms with Crippen LogP contribution in [-0.2, 0) is 4.74 Å². The highest BCUT2D eigenvalue weighted by atomic mass is 16.6. The predicted molar refractivity (Wildman–Crippen MR) is 102 cm³/mol. The van der Waals surface area contributed by atoms with Crippen molar-refractivity contribution in [2.75, 3.05) is 18.1 Å². The maximum atomic E-state index is 12.2. The molecule has 1 aliphatic heterocycles. The summed E-state index contributed by atoms with van der Waals surface area (Å²) in [5, 5.41) is 8.42. The Balaban J connectivity index is 1.40. The van der Waals surface area contributed by atoms with E-state index in [9.17, 15) is 4.79 Å². The van der Waals surface area contributed by atoms with Gasteiger partial charge in [-0.25, -0.2) is 4.79 Å². The van der Waals surface area contributed by atoms with Gasteiger partial charge in [-0.2, -0.15) is 0 Å². The first-order chi connectivity index (χ1) is 13.1. The Morgan fingerprint density at radius 3 is 2.85 bits per heavy atom. The summed E-state index contributed by atoms with van der Waals surface area (Å²) in [6.45, 7) is 0.660. The molecule has 3 aromatic rings. The molecule has 4 rings (SSSR count). The molecule has 2 heterocycles. The molecule has 1 saturated heterocycles. The molecule has 3 N–H and O–H groups in total. The van der Waals surface area contributed by atoms with E-state index in [4.69, 9.17) is 20.6 Å². The van der Waals surface area contributed by atoms with Gasteiger partial charge in [0.15, 0.2) is 6.10 Å². The molecule has 1 aliphatic rings. The number of aromatic nitrogens is 1. The van der Waals surface area contributed by atoms with Gasteiger partial charge in [0.05, 0.1) is 12.1 Å². The van der Waals surface area contributed by atoms with Crippen molar-refractivity contribution >= 4 is 28.5 Å². The number of hydrogen-bond acceptors (Lipinski definition) is 5. The topological polar surface area (TPSA) is 102 Å². The average molecular weight is 362 g/mol. The van der Waals surface area contributed by atoms with Crippen molar-refractivity contribution in [1.82, 2.24) is 4.98 Å². The second-order valence-electron chi connectivity index (χ2n) is 6.25. The van der Waals surface area contributed by atoms with Gasteiger partial charge in [-0.05, 0) is 48.5 Å². The standard InChI is InChI=1S/C20H18N4O3/c21-19(22)13-3-5-15(6-4-13)24-11-17(27-20(24)25)12-26-16-7-8-18-14(10-16)2-1-9-23-18/h1-10,17H,11-12H2,(H3,21,22). The zero-order chi connectivity index (χ0) is 18.8. The Hall–Kier alpha value is -3.61. The van der Waals surface area contributed by atoms with E-state index in [1.165, 1.54) is 0 Å². The lowest BCUT2D eigenvalue weighted by molar-refractivity contribution is 0.105. The van der Waals surface area contributed by atoms with Crippen LogP contribution in [0.2, 0.25) is 0 Å². The third-order valence-corrected chi connectivity index (χ3v) is 4.37. The van der Waals surface area contributed by atoms with Crippen LogP contribution < -0.4 is 15.4 Å². The van der Waals surface area contributed by atoms with Crippen molar-refractivity contribution in [3.8, 4) is 5.75 Å². The van der Waals surface area contributed by atoms with Crippen LogP contribution in [0.1, 0.15) is 5.56 Å². The maximum Gasteiger partial charge on any atom is 0.414 e. The van der Waals surface area contributed by atoms with E-state index in [1.54, 1.807) is 35.4 Å². The number of amidine groups is 1. The number of nitrogens with zero attached hydrogens (tertiary/aromatic N) is 2. The number of amides is 1. The van der Waals surface area contributed by atoms with E-state index in [-0.39, 0.29) is 18.5 Å². The van der Waals surface area contributed by atoms with Crippen molar-refractivity contribution in [3.63, 3.8) is 0 Å². The van der Waals surface area contributed by atoms with Crippen LogP contribution >= 0.6 is 0 Å². The highest BCUT2D eigenvalue weighted by molar-refractivity contribution is 5.96. The lowest BCUT2D eigenvalue weighted by Crippen LogP contribution is -2.26. The number of anilines is 1. The normalized spacial score (nSPS) is 16.4. The molecular weight excluding hydrogens is 344 g/mol. The summed E-state index contributed by atoms with van der Waals surface area (Å²) >= 11 is 0. The number of pyridine rings is 1. The van der Waals surface area contributed by atoms with Crippen molar-refractivity contribution in [2.24, 2.45) is 5.73 Å². The largest absolute Gasteiger partial charge is 0.490 e. The smallest absolute Gasteiger partial charge is 0.414 e. The molecule has 1 amide bonds. The molecule has 7 heteroatoms. The Morgan fingerprint density at radius 1 is 1.26 bits per heavy atom. The Labute approximate surface area is 155 Å². The van der Waals surface area contributed by atoms with Crippen LogP contribution in [0.5, 0.6) is 5.75 Å². The van der Waals surface area contributed by atoms with Gasteiger partial charge in [-0.3, -0.25) is 15.3 Å². The van der Waals surface area contributed by atoms with Gasteiger partial charge in [0.1, 0.15) is 18.2 Å². The number of nitrogens with one attached hydrogen (secondary N) is 1. The van der Waals surface area contributed by atoms with E-state index in [0.29, 0.717) is 23.5 Å². The molecule has 0 aliphatic carbocycles. The Kier molecular flexibility index (Phi) is 4.33. The van der Waals surface area contributed by atoms with Crippen LogP contribution in [0.25, 0.3) is 10.9 Å². The summed E-state index contributed by atoms with van der Waals surface area (Å²) in [5.41, 5.74) is 7.66. The second kappa shape index (κ2) is 6.95. The zero-order valence-corrected chi connectivity index (χ0v) is 14.5. The van der Waals surface area contributed by atoms with Crippen LogP contribution in [0.15, 0.2) is 60.8 Å². The predicted octanol–water partition coefficient (Wildman–Crippen LogP) is 2.92. The second-order valence-corrected chi connectivity index (χ2v) is 6.25. The minimum absolute atomic E-state index is 0.0117. The van der Waals surface area contributed by atoms with Crippen LogP contribution in [0, 0.1) is 5.41 Å². The minimum atomic E-state index is -0.415. The number of rotatable bonds is 5. The SMILES string of the molecule is N=C(N)c1ccc(N2CC(COc3ccc4ncccc4c3)OC2=O)cc1. The Bertz CT molecular complexity index is 1000. The summed E-state index contributed by atoms with van der Waals surface area (Å²) in [6.07, 6.45) is 0.967. The lowest BCUT2D eigenvalue weighted by Gasteiger charge is -2.14. The van der Waals surface area contributed by atoms with Gasteiger partial charge < -0.3 is 15.2 Å². The number of carbonyl (C=O) groups is 1. The average Bonchev–Trinajstić information content (AvgIpc) is 3.07. The molecule has 0 saturated carbocycles. The maximum absolute atomic E-state index is 12.2. The minimum Gasteiger partial charge on any atom is -0.490 e. The highest BCUT2D eigenvalue weighted by Gasteiger charge is 2.32. The first-order valence-electron chi connectivity index (χ1n) is 8.50. The third-order valence-electron chi connectivity index (χ3n) is 4.37. The number of benzene rings is 2.